The topological polar surface area (TPSA) is 47.9 Å². The van der Waals surface area contributed by atoms with E-state index >= 15 is 26.3 Å². The van der Waals surface area contributed by atoms with Crippen molar-refractivity contribution in [2.24, 2.45) is 0 Å². The second kappa shape index (κ2) is 26.4. The molecule has 6 nitrogen and oxygen atoms in total. The minimum absolute atomic E-state index is 0.0612. The summed E-state index contributed by atoms with van der Waals surface area (Å²) >= 11 is 0. The minimum Gasteiger partial charge on any atom is -0.309 e. The standard InChI is InChI=1S/C50H30N4.C43H26F12N2/c1-52-40-21-23-50-46(30-40)44-17-9-11-19-48(44)54(50)42-29-39(38-26-36(34-12-4-2-5-13-34)25-37(27-38)35-14-6-3-7-15-35)28-41(31-42)53-47-18-10-8-16-43(47)45-24-33(32-51)20-22-49(45)53;1-23-3-15-35-31(19-23)32-20-24(2)4-16-36(32)56(35)29-11-5-25(6-12-29)39(42(50,51)52,43(53,54)55)26-7-13-30(14-8-26)57-37-17-9-27(40(44,45)46)21-33(37)34-22-28(41(47,48)49)10-18-38(34)57/h2-31H;3-22H,1-2H3. The van der Waals surface area contributed by atoms with Gasteiger partial charge in [-0.2, -0.15) is 57.9 Å². The molecule has 4 aromatic heterocycles. The van der Waals surface area contributed by atoms with E-state index in [-0.39, 0.29) is 27.5 Å². The Labute approximate surface area is 625 Å². The summed E-state index contributed by atoms with van der Waals surface area (Å²) in [6, 6.07) is 88.9. The molecule has 0 aliphatic rings. The van der Waals surface area contributed by atoms with Gasteiger partial charge in [0.05, 0.1) is 73.5 Å². The Balaban J connectivity index is 0.000000162. The van der Waals surface area contributed by atoms with Gasteiger partial charge in [0.2, 0.25) is 5.41 Å². The van der Waals surface area contributed by atoms with Crippen molar-refractivity contribution in [1.82, 2.24) is 18.3 Å². The van der Waals surface area contributed by atoms with Crippen LogP contribution in [0.3, 0.4) is 0 Å². The van der Waals surface area contributed by atoms with Crippen LogP contribution in [0.5, 0.6) is 0 Å². The average molecular weight is 1490 g/mol. The van der Waals surface area contributed by atoms with Crippen LogP contribution in [0.1, 0.15) is 38.9 Å². The highest BCUT2D eigenvalue weighted by atomic mass is 19.4. The van der Waals surface area contributed by atoms with Crippen LogP contribution >= 0.6 is 0 Å². The van der Waals surface area contributed by atoms with Gasteiger partial charge in [0, 0.05) is 60.5 Å². The van der Waals surface area contributed by atoms with E-state index in [1.54, 1.807) is 4.57 Å². The maximum Gasteiger partial charge on any atom is 0.416 e. The van der Waals surface area contributed by atoms with Crippen LogP contribution in [0, 0.1) is 31.8 Å². The van der Waals surface area contributed by atoms with Gasteiger partial charge in [-0.15, -0.1) is 0 Å². The third kappa shape index (κ3) is 11.9. The van der Waals surface area contributed by atoms with Crippen molar-refractivity contribution in [1.29, 1.82) is 5.26 Å². The van der Waals surface area contributed by atoms with E-state index in [9.17, 15) is 31.6 Å². The Morgan fingerprint density at radius 2 is 0.604 bits per heavy atom. The highest BCUT2D eigenvalue weighted by molar-refractivity contribution is 6.13. The Morgan fingerprint density at radius 3 is 1.01 bits per heavy atom. The number of rotatable bonds is 9. The molecule has 0 amide bonds. The van der Waals surface area contributed by atoms with E-state index in [2.05, 4.69) is 178 Å². The summed E-state index contributed by atoms with van der Waals surface area (Å²) in [4.78, 5) is 3.77. The van der Waals surface area contributed by atoms with Crippen LogP contribution in [0.15, 0.2) is 303 Å². The van der Waals surface area contributed by atoms with E-state index in [4.69, 9.17) is 6.57 Å². The molecule has 18 aromatic rings. The second-order valence-corrected chi connectivity index (χ2v) is 27.6. The lowest BCUT2D eigenvalue weighted by Gasteiger charge is -2.38. The zero-order valence-electron chi connectivity index (χ0n) is 58.6. The molecule has 0 aliphatic heterocycles. The van der Waals surface area contributed by atoms with Gasteiger partial charge in [0.25, 0.3) is 0 Å². The third-order valence-corrected chi connectivity index (χ3v) is 20.9. The van der Waals surface area contributed by atoms with E-state index in [1.165, 1.54) is 16.7 Å². The van der Waals surface area contributed by atoms with Gasteiger partial charge in [0.15, 0.2) is 5.69 Å². The molecule has 0 atom stereocenters. The number of para-hydroxylation sites is 2. The summed E-state index contributed by atoms with van der Waals surface area (Å²) in [5.74, 6) is 0. The molecule has 18 rings (SSSR count). The summed E-state index contributed by atoms with van der Waals surface area (Å²) in [6.07, 6.45) is -21.6. The molecule has 4 heterocycles. The van der Waals surface area contributed by atoms with Crippen LogP contribution in [-0.2, 0) is 17.8 Å². The number of halogens is 12. The van der Waals surface area contributed by atoms with Crippen molar-refractivity contribution in [3.8, 4) is 62.2 Å². The third-order valence-electron chi connectivity index (χ3n) is 20.9. The molecule has 0 bridgehead atoms. The SMILES string of the molecule is Cc1ccc2c(c1)c1cc(C)ccc1n2-c1ccc(C(c2ccc(-n3c4ccc(C(F)(F)F)cc4c4cc(C(F)(F)F)ccc43)cc2)(C(F)(F)F)C(F)(F)F)cc1.[C-]#[N+]c1ccc2c(c1)c1ccccc1n2-c1cc(-c2cc(-c3ccccc3)cc(-c3ccccc3)c2)cc(-n2c3ccccc3c3cc(C#N)ccc32)c1. The van der Waals surface area contributed by atoms with Crippen molar-refractivity contribution in [2.45, 2.75) is 44.0 Å². The Morgan fingerprint density at radius 1 is 0.279 bits per heavy atom. The van der Waals surface area contributed by atoms with Crippen LogP contribution in [0.25, 0.3) is 148 Å². The van der Waals surface area contributed by atoms with E-state index < -0.39 is 52.4 Å². The fourth-order valence-corrected chi connectivity index (χ4v) is 15.9. The molecule has 0 unspecified atom stereocenters. The lowest BCUT2D eigenvalue weighted by atomic mass is 9.73. The maximum absolute atomic E-state index is 15.3. The van der Waals surface area contributed by atoms with E-state index in [1.807, 2.05) is 74.5 Å². The number of nitriles is 1. The lowest BCUT2D eigenvalue weighted by Crippen LogP contribution is -2.54. The van der Waals surface area contributed by atoms with Crippen molar-refractivity contribution < 1.29 is 52.7 Å². The molecule has 0 radical (unpaired) electrons. The molecule has 0 N–H and O–H groups in total. The summed E-state index contributed by atoms with van der Waals surface area (Å²) in [5.41, 5.74) is 8.40. The van der Waals surface area contributed by atoms with E-state index in [0.29, 0.717) is 64.4 Å². The van der Waals surface area contributed by atoms with Gasteiger partial charge in [-0.05, 0) is 228 Å². The number of aryl methyl sites for hydroxylation is 2. The van der Waals surface area contributed by atoms with Crippen molar-refractivity contribution in [2.75, 3.05) is 0 Å². The Kier molecular flexibility index (Phi) is 16.7. The molecule has 111 heavy (non-hydrogen) atoms. The highest BCUT2D eigenvalue weighted by Gasteiger charge is 2.72. The molecule has 0 spiro atoms. The smallest absolute Gasteiger partial charge is 0.309 e. The van der Waals surface area contributed by atoms with Crippen LogP contribution in [0.4, 0.5) is 58.4 Å². The van der Waals surface area contributed by atoms with E-state index in [0.717, 1.165) is 147 Å². The normalized spacial score (nSPS) is 12.4. The number of nitrogens with zero attached hydrogens (tertiary/aromatic N) is 6. The predicted octanol–water partition coefficient (Wildman–Crippen LogP) is 27.3. The summed E-state index contributed by atoms with van der Waals surface area (Å²) in [6.45, 7) is 11.5. The number of hydrogen-bond acceptors (Lipinski definition) is 1. The van der Waals surface area contributed by atoms with Crippen LogP contribution in [-0.4, -0.2) is 30.6 Å². The number of benzene rings is 14. The van der Waals surface area contributed by atoms with Crippen LogP contribution < -0.4 is 0 Å². The average Bonchev–Trinajstić information content (AvgIpc) is 0.765. The maximum atomic E-state index is 15.3. The van der Waals surface area contributed by atoms with Gasteiger partial charge in [-0.3, -0.25) is 0 Å². The summed E-state index contributed by atoms with van der Waals surface area (Å²) in [5, 5.41) is 15.3. The molecule has 0 fully saturated rings. The van der Waals surface area contributed by atoms with Gasteiger partial charge < -0.3 is 18.3 Å². The van der Waals surface area contributed by atoms with Crippen molar-refractivity contribution >= 4 is 92.9 Å². The van der Waals surface area contributed by atoms with Gasteiger partial charge in [0.1, 0.15) is 0 Å². The van der Waals surface area contributed by atoms with Gasteiger partial charge in [-0.1, -0.05) is 151 Å². The zero-order valence-corrected chi connectivity index (χ0v) is 58.6. The van der Waals surface area contributed by atoms with Gasteiger partial charge in [-0.25, -0.2) is 4.85 Å². The minimum atomic E-state index is -5.94. The first kappa shape index (κ1) is 70.4. The zero-order chi connectivity index (χ0) is 77.2. The molecule has 0 saturated carbocycles. The molecule has 18 heteroatoms. The fourth-order valence-electron chi connectivity index (χ4n) is 15.9. The lowest BCUT2D eigenvalue weighted by molar-refractivity contribution is -0.288. The van der Waals surface area contributed by atoms with Crippen LogP contribution in [0.2, 0.25) is 0 Å². The first-order chi connectivity index (χ1) is 53.3. The second-order valence-electron chi connectivity index (χ2n) is 27.6. The summed E-state index contributed by atoms with van der Waals surface area (Å²) < 4.78 is 181. The fraction of sp³-hybridized carbons (Fsp3) is 0.0753. The number of hydrogen-bond donors (Lipinski definition) is 0. The first-order valence-electron chi connectivity index (χ1n) is 35.1. The number of fused-ring (bicyclic) bond motifs is 12. The molecule has 0 aliphatic carbocycles. The predicted molar refractivity (Wildman–Crippen MR) is 416 cm³/mol. The summed E-state index contributed by atoms with van der Waals surface area (Å²) in [7, 11) is 0. The highest BCUT2D eigenvalue weighted by Crippen LogP contribution is 2.57. The molecular formula is C93H56F12N6. The Hall–Kier alpha value is -13.6. The Bertz CT molecular complexity index is 6510. The molecule has 0 saturated heterocycles. The quantitative estimate of drug-likeness (QED) is 0.105. The first-order valence-corrected chi connectivity index (χ1v) is 35.1. The molecule has 14 aromatic carbocycles. The van der Waals surface area contributed by atoms with Crippen molar-refractivity contribution in [3.63, 3.8) is 0 Å². The molecule has 542 valence electrons. The van der Waals surface area contributed by atoms with Crippen molar-refractivity contribution in [3.05, 3.63) is 354 Å². The molecular weight excluding hydrogens is 1430 g/mol. The largest absolute Gasteiger partial charge is 0.416 e. The number of alkyl halides is 12. The van der Waals surface area contributed by atoms with Gasteiger partial charge >= 0.3 is 24.7 Å². The number of aromatic nitrogens is 4. The monoisotopic (exact) mass is 1480 g/mol.